The van der Waals surface area contributed by atoms with Crippen LogP contribution < -0.4 is 4.74 Å². The fraction of sp³-hybridized carbons (Fsp3) is 0.571. The molecule has 0 aliphatic carbocycles. The van der Waals surface area contributed by atoms with Crippen molar-refractivity contribution in [1.82, 2.24) is 0 Å². The molecular formula is C21H32O4. The summed E-state index contributed by atoms with van der Waals surface area (Å²) in [5.41, 5.74) is 0.934. The van der Waals surface area contributed by atoms with Crippen molar-refractivity contribution in [1.29, 1.82) is 0 Å². The number of benzene rings is 1. The maximum atomic E-state index is 11.9. The number of aliphatic hydroxyl groups excluding tert-OH is 1. The van der Waals surface area contributed by atoms with E-state index < -0.39 is 6.10 Å². The summed E-state index contributed by atoms with van der Waals surface area (Å²) < 4.78 is 5.06. The molecule has 0 amide bonds. The monoisotopic (exact) mass is 348 g/mol. The molecule has 25 heavy (non-hydrogen) atoms. The SMILES string of the molecule is CCCCCCCC[C@@H](O)/C=C/C(=O)CCc1ccc(O)c(OC)c1. The van der Waals surface area contributed by atoms with Crippen molar-refractivity contribution in [2.45, 2.75) is 70.8 Å². The number of phenolic OH excluding ortho intramolecular Hbond substituents is 1. The number of allylic oxidation sites excluding steroid dienone is 1. The summed E-state index contributed by atoms with van der Waals surface area (Å²) in [5, 5.41) is 19.5. The fourth-order valence-corrected chi connectivity index (χ4v) is 2.68. The predicted octanol–water partition coefficient (Wildman–Crippen LogP) is 4.57. The number of aryl methyl sites for hydroxylation is 1. The second-order valence-corrected chi connectivity index (χ2v) is 6.46. The van der Waals surface area contributed by atoms with E-state index in [0.29, 0.717) is 25.0 Å². The Bertz CT molecular complexity index is 537. The van der Waals surface area contributed by atoms with E-state index in [0.717, 1.165) is 18.4 Å². The van der Waals surface area contributed by atoms with Gasteiger partial charge in [-0.2, -0.15) is 0 Å². The first kappa shape index (κ1) is 21.2. The second-order valence-electron chi connectivity index (χ2n) is 6.46. The quantitative estimate of drug-likeness (QED) is 0.405. The van der Waals surface area contributed by atoms with Crippen LogP contribution in [0.2, 0.25) is 0 Å². The summed E-state index contributed by atoms with van der Waals surface area (Å²) in [6.07, 6.45) is 11.4. The van der Waals surface area contributed by atoms with Gasteiger partial charge in [0, 0.05) is 6.42 Å². The van der Waals surface area contributed by atoms with Gasteiger partial charge in [0.25, 0.3) is 0 Å². The highest BCUT2D eigenvalue weighted by Crippen LogP contribution is 2.26. The smallest absolute Gasteiger partial charge is 0.160 e. The fourth-order valence-electron chi connectivity index (χ4n) is 2.68. The van der Waals surface area contributed by atoms with Crippen LogP contribution in [0.15, 0.2) is 30.4 Å². The zero-order valence-corrected chi connectivity index (χ0v) is 15.5. The zero-order chi connectivity index (χ0) is 18.5. The van der Waals surface area contributed by atoms with Gasteiger partial charge in [-0.3, -0.25) is 4.79 Å². The summed E-state index contributed by atoms with van der Waals surface area (Å²) in [5.74, 6) is 0.499. The molecule has 0 aliphatic rings. The van der Waals surface area contributed by atoms with E-state index in [1.807, 2.05) is 0 Å². The number of unbranched alkanes of at least 4 members (excludes halogenated alkanes) is 5. The highest BCUT2D eigenvalue weighted by Gasteiger charge is 2.05. The van der Waals surface area contributed by atoms with E-state index in [4.69, 9.17) is 4.74 Å². The molecule has 0 fully saturated rings. The number of aromatic hydroxyl groups is 1. The van der Waals surface area contributed by atoms with Gasteiger partial charge < -0.3 is 14.9 Å². The van der Waals surface area contributed by atoms with Gasteiger partial charge in [-0.1, -0.05) is 57.6 Å². The molecule has 4 heteroatoms. The van der Waals surface area contributed by atoms with Gasteiger partial charge >= 0.3 is 0 Å². The lowest BCUT2D eigenvalue weighted by molar-refractivity contribution is -0.114. The van der Waals surface area contributed by atoms with Crippen molar-refractivity contribution in [2.24, 2.45) is 0 Å². The van der Waals surface area contributed by atoms with Crippen molar-refractivity contribution in [3.8, 4) is 11.5 Å². The first-order chi connectivity index (χ1) is 12.1. The van der Waals surface area contributed by atoms with Crippen LogP contribution in [-0.4, -0.2) is 29.2 Å². The van der Waals surface area contributed by atoms with Gasteiger partial charge in [0.2, 0.25) is 0 Å². The minimum atomic E-state index is -0.538. The van der Waals surface area contributed by atoms with E-state index in [1.165, 1.54) is 38.9 Å². The van der Waals surface area contributed by atoms with Gasteiger partial charge in [-0.15, -0.1) is 0 Å². The maximum absolute atomic E-state index is 11.9. The van der Waals surface area contributed by atoms with E-state index in [9.17, 15) is 15.0 Å². The number of ketones is 1. The van der Waals surface area contributed by atoms with Crippen LogP contribution in [0.5, 0.6) is 11.5 Å². The summed E-state index contributed by atoms with van der Waals surface area (Å²) >= 11 is 0. The maximum Gasteiger partial charge on any atom is 0.160 e. The molecule has 4 nitrogen and oxygen atoms in total. The molecule has 1 atom stereocenters. The molecule has 0 aliphatic heterocycles. The van der Waals surface area contributed by atoms with Gasteiger partial charge in [-0.25, -0.2) is 0 Å². The molecule has 0 heterocycles. The van der Waals surface area contributed by atoms with Gasteiger partial charge in [-0.05, 0) is 36.6 Å². The third kappa shape index (κ3) is 9.30. The normalized spacial score (nSPS) is 12.4. The lowest BCUT2D eigenvalue weighted by Crippen LogP contribution is -2.04. The Kier molecular flexibility index (Phi) is 10.6. The molecule has 1 rings (SSSR count). The number of carbonyl (C=O) groups is 1. The average Bonchev–Trinajstić information content (AvgIpc) is 2.62. The molecule has 0 spiro atoms. The van der Waals surface area contributed by atoms with Gasteiger partial charge in [0.1, 0.15) is 0 Å². The Labute approximate surface area is 151 Å². The van der Waals surface area contributed by atoms with Gasteiger partial charge in [0.15, 0.2) is 17.3 Å². The number of hydrogen-bond donors (Lipinski definition) is 2. The van der Waals surface area contributed by atoms with E-state index in [-0.39, 0.29) is 11.5 Å². The highest BCUT2D eigenvalue weighted by molar-refractivity contribution is 5.89. The minimum Gasteiger partial charge on any atom is -0.504 e. The third-order valence-electron chi connectivity index (χ3n) is 4.26. The molecule has 2 N–H and O–H groups in total. The summed E-state index contributed by atoms with van der Waals surface area (Å²) in [6.45, 7) is 2.20. The number of phenols is 1. The molecule has 1 aromatic carbocycles. The molecule has 0 radical (unpaired) electrons. The Morgan fingerprint density at radius 1 is 1.20 bits per heavy atom. The van der Waals surface area contributed by atoms with Crippen molar-refractivity contribution in [3.05, 3.63) is 35.9 Å². The molecule has 0 unspecified atom stereocenters. The van der Waals surface area contributed by atoms with Crippen molar-refractivity contribution >= 4 is 5.78 Å². The van der Waals surface area contributed by atoms with Crippen LogP contribution >= 0.6 is 0 Å². The number of hydrogen-bond acceptors (Lipinski definition) is 4. The lowest BCUT2D eigenvalue weighted by Gasteiger charge is -2.06. The summed E-state index contributed by atoms with van der Waals surface area (Å²) in [7, 11) is 1.50. The van der Waals surface area contributed by atoms with Crippen molar-refractivity contribution in [3.63, 3.8) is 0 Å². The van der Waals surface area contributed by atoms with Crippen LogP contribution in [0, 0.1) is 0 Å². The third-order valence-corrected chi connectivity index (χ3v) is 4.26. The minimum absolute atomic E-state index is 0.00552. The van der Waals surface area contributed by atoms with Gasteiger partial charge in [0.05, 0.1) is 13.2 Å². The van der Waals surface area contributed by atoms with Crippen LogP contribution in [-0.2, 0) is 11.2 Å². The Morgan fingerprint density at radius 2 is 1.92 bits per heavy atom. The van der Waals surface area contributed by atoms with Crippen LogP contribution in [0.25, 0.3) is 0 Å². The zero-order valence-electron chi connectivity index (χ0n) is 15.5. The Balaban J connectivity index is 2.25. The van der Waals surface area contributed by atoms with Crippen LogP contribution in [0.3, 0.4) is 0 Å². The van der Waals surface area contributed by atoms with E-state index in [1.54, 1.807) is 24.3 Å². The van der Waals surface area contributed by atoms with Crippen molar-refractivity contribution in [2.75, 3.05) is 7.11 Å². The number of ether oxygens (including phenoxy) is 1. The standard InChI is InChI=1S/C21H32O4/c1-3-4-5-6-7-8-9-18(22)13-14-19(23)12-10-17-11-15-20(24)21(16-17)25-2/h11,13-16,18,22,24H,3-10,12H2,1-2H3/b14-13+/t18-/m1/s1. The van der Waals surface area contributed by atoms with Crippen LogP contribution in [0.4, 0.5) is 0 Å². The molecule has 0 saturated carbocycles. The van der Waals surface area contributed by atoms with E-state index >= 15 is 0 Å². The number of aliphatic hydroxyl groups is 1. The molecule has 140 valence electrons. The molecular weight excluding hydrogens is 316 g/mol. The molecule has 1 aromatic rings. The van der Waals surface area contributed by atoms with Crippen molar-refractivity contribution < 1.29 is 19.7 Å². The molecule has 0 aromatic heterocycles. The van der Waals surface area contributed by atoms with Crippen LogP contribution in [0.1, 0.15) is 63.9 Å². The lowest BCUT2D eigenvalue weighted by atomic mass is 10.0. The predicted molar refractivity (Wildman–Crippen MR) is 101 cm³/mol. The highest BCUT2D eigenvalue weighted by atomic mass is 16.5. The summed E-state index contributed by atoms with van der Waals surface area (Å²) in [4.78, 5) is 11.9. The van der Waals surface area contributed by atoms with E-state index in [2.05, 4.69) is 6.92 Å². The largest absolute Gasteiger partial charge is 0.504 e. The average molecular weight is 348 g/mol. The number of rotatable bonds is 13. The first-order valence-electron chi connectivity index (χ1n) is 9.31. The second kappa shape index (κ2) is 12.5. The molecule has 0 saturated heterocycles. The number of carbonyl (C=O) groups excluding carboxylic acids is 1. The molecule has 0 bridgehead atoms. The topological polar surface area (TPSA) is 66.8 Å². The first-order valence-corrected chi connectivity index (χ1v) is 9.31. The number of methoxy groups -OCH3 is 1. The Hall–Kier alpha value is -1.81. The Morgan fingerprint density at radius 3 is 2.64 bits per heavy atom. The summed E-state index contributed by atoms with van der Waals surface area (Å²) in [6, 6.07) is 5.08.